The maximum atomic E-state index is 13.9. The van der Waals surface area contributed by atoms with Crippen molar-refractivity contribution < 1.29 is 45.5 Å². The van der Waals surface area contributed by atoms with Crippen molar-refractivity contribution in [2.24, 2.45) is 11.3 Å². The van der Waals surface area contributed by atoms with E-state index >= 15 is 0 Å². The van der Waals surface area contributed by atoms with E-state index in [0.29, 0.717) is 57.3 Å². The van der Waals surface area contributed by atoms with Crippen LogP contribution in [0.4, 0.5) is 24.5 Å². The standard InChI is InChI=1S/C45H47F3N6O8S/c1-44(2)14-11-32(38(24-44)30-3-5-33(6-4-30)45(46,47)48)26-52-16-18-53(19-17-52)34-7-9-37(41(22-34)62-35-21-31-12-15-49-42(31)50-25-35)43(55)51-63(58,59)36-8-10-40(39(23-36)54(56)57)61-28-29-13-20-60-27-29/h3-10,12,15,21-23,25,29H,11,13-14,16-20,24,26-28H2,1-2H3,(H,49,50)(H,51,55). The highest BCUT2D eigenvalue weighted by Gasteiger charge is 2.33. The highest BCUT2D eigenvalue weighted by Crippen LogP contribution is 2.44. The van der Waals surface area contributed by atoms with Crippen LogP contribution in [0.15, 0.2) is 95.7 Å². The van der Waals surface area contributed by atoms with Gasteiger partial charge in [0.1, 0.15) is 17.1 Å². The van der Waals surface area contributed by atoms with Gasteiger partial charge >= 0.3 is 11.9 Å². The van der Waals surface area contributed by atoms with Crippen LogP contribution >= 0.6 is 0 Å². The molecule has 1 aliphatic carbocycles. The number of halogens is 3. The summed E-state index contributed by atoms with van der Waals surface area (Å²) in [5, 5.41) is 12.7. The van der Waals surface area contributed by atoms with E-state index in [2.05, 4.69) is 38.3 Å². The van der Waals surface area contributed by atoms with E-state index in [0.717, 1.165) is 72.2 Å². The van der Waals surface area contributed by atoms with Gasteiger partial charge in [0.25, 0.3) is 15.9 Å². The number of pyridine rings is 1. The summed E-state index contributed by atoms with van der Waals surface area (Å²) < 4.78 is 86.6. The largest absolute Gasteiger partial charge is 0.486 e. The lowest BCUT2D eigenvalue weighted by atomic mass is 9.72. The number of benzene rings is 3. The Bertz CT molecular complexity index is 2650. The Hall–Kier alpha value is -5.98. The number of amides is 1. The van der Waals surface area contributed by atoms with Crippen LogP contribution in [-0.4, -0.2) is 86.7 Å². The highest BCUT2D eigenvalue weighted by molar-refractivity contribution is 7.90. The van der Waals surface area contributed by atoms with Crippen molar-refractivity contribution in [3.05, 3.63) is 118 Å². The Morgan fingerprint density at radius 1 is 1.03 bits per heavy atom. The van der Waals surface area contributed by atoms with Crippen molar-refractivity contribution >= 4 is 43.9 Å². The van der Waals surface area contributed by atoms with Crippen molar-refractivity contribution in [2.75, 3.05) is 57.4 Å². The molecule has 18 heteroatoms. The van der Waals surface area contributed by atoms with Gasteiger partial charge in [-0.1, -0.05) is 31.6 Å². The van der Waals surface area contributed by atoms with Crippen LogP contribution in [0.1, 0.15) is 61.0 Å². The second kappa shape index (κ2) is 17.7. The van der Waals surface area contributed by atoms with Gasteiger partial charge in [-0.15, -0.1) is 0 Å². The molecule has 2 aromatic heterocycles. The molecule has 1 amide bonds. The fourth-order valence-corrected chi connectivity index (χ4v) is 9.26. The lowest BCUT2D eigenvalue weighted by molar-refractivity contribution is -0.386. The minimum Gasteiger partial charge on any atom is -0.486 e. The van der Waals surface area contributed by atoms with E-state index in [1.54, 1.807) is 42.6 Å². The number of aromatic nitrogens is 2. The SMILES string of the molecule is CC1(C)CCC(CN2CCN(c3ccc(C(=O)NS(=O)(=O)c4ccc(OCC5CCOC5)c([N+](=O)[O-])c4)c(Oc4cnc5[nH]ccc5c4)c3)CC2)=C(c2ccc(C(F)(F)F)cc2)C1. The molecule has 14 nitrogen and oxygen atoms in total. The monoisotopic (exact) mass is 888 g/mol. The normalized spacial score (nSPS) is 18.4. The molecule has 1 unspecified atom stereocenters. The molecule has 2 saturated heterocycles. The molecule has 4 heterocycles. The molecule has 0 saturated carbocycles. The Balaban J connectivity index is 1.00. The average molecular weight is 889 g/mol. The summed E-state index contributed by atoms with van der Waals surface area (Å²) in [6, 6.07) is 17.0. The molecule has 332 valence electrons. The number of H-pyrrole nitrogens is 1. The minimum absolute atomic E-state index is 0.0170. The molecule has 2 aliphatic heterocycles. The molecule has 3 aliphatic rings. The van der Waals surface area contributed by atoms with Gasteiger partial charge < -0.3 is 24.1 Å². The number of hydrogen-bond donors (Lipinski definition) is 2. The summed E-state index contributed by atoms with van der Waals surface area (Å²) in [4.78, 5) is 36.5. The third-order valence-electron chi connectivity index (χ3n) is 11.9. The lowest BCUT2D eigenvalue weighted by Crippen LogP contribution is -2.47. The number of fused-ring (bicyclic) bond motifs is 1. The molecule has 3 aromatic carbocycles. The zero-order valence-corrected chi connectivity index (χ0v) is 35.6. The third kappa shape index (κ3) is 10.1. The fraction of sp³-hybridized carbons (Fsp3) is 0.378. The van der Waals surface area contributed by atoms with Crippen LogP contribution < -0.4 is 19.1 Å². The maximum Gasteiger partial charge on any atom is 0.416 e. The molecule has 5 aromatic rings. The molecule has 0 spiro atoms. The van der Waals surface area contributed by atoms with Crippen LogP contribution in [0, 0.1) is 21.4 Å². The van der Waals surface area contributed by atoms with Crippen molar-refractivity contribution in [3.63, 3.8) is 0 Å². The number of nitrogens with zero attached hydrogens (tertiary/aromatic N) is 4. The highest BCUT2D eigenvalue weighted by atomic mass is 32.2. The van der Waals surface area contributed by atoms with Gasteiger partial charge in [-0.05, 0) is 90.8 Å². The molecule has 0 radical (unpaired) electrons. The third-order valence-corrected chi connectivity index (χ3v) is 13.2. The first-order valence-corrected chi connectivity index (χ1v) is 22.2. The van der Waals surface area contributed by atoms with E-state index < -0.39 is 43.2 Å². The van der Waals surface area contributed by atoms with Gasteiger partial charge in [0, 0.05) is 74.7 Å². The Morgan fingerprint density at radius 3 is 2.52 bits per heavy atom. The van der Waals surface area contributed by atoms with Crippen molar-refractivity contribution in [1.29, 1.82) is 0 Å². The first-order valence-electron chi connectivity index (χ1n) is 20.7. The quantitative estimate of drug-likeness (QED) is 0.0858. The van der Waals surface area contributed by atoms with E-state index in [1.165, 1.54) is 23.9 Å². The number of aromatic amines is 1. The molecule has 8 rings (SSSR count). The van der Waals surface area contributed by atoms with E-state index in [1.807, 2.05) is 0 Å². The summed E-state index contributed by atoms with van der Waals surface area (Å²) >= 11 is 0. The number of nitro benzene ring substituents is 1. The Kier molecular flexibility index (Phi) is 12.2. The van der Waals surface area contributed by atoms with Gasteiger partial charge in [0.15, 0.2) is 5.75 Å². The number of carbonyl (C=O) groups is 1. The summed E-state index contributed by atoms with van der Waals surface area (Å²) in [6.07, 6.45) is 2.12. The number of hydrogen-bond acceptors (Lipinski definition) is 11. The number of carbonyl (C=O) groups excluding carboxylic acids is 1. The smallest absolute Gasteiger partial charge is 0.416 e. The zero-order valence-electron chi connectivity index (χ0n) is 34.7. The van der Waals surface area contributed by atoms with Crippen molar-refractivity contribution in [3.8, 4) is 17.2 Å². The molecule has 2 N–H and O–H groups in total. The first-order chi connectivity index (χ1) is 30.0. The van der Waals surface area contributed by atoms with Crippen LogP contribution in [0.2, 0.25) is 0 Å². The van der Waals surface area contributed by atoms with Gasteiger partial charge in [-0.3, -0.25) is 19.8 Å². The second-order valence-corrected chi connectivity index (χ2v) is 18.7. The van der Waals surface area contributed by atoms with E-state index in [-0.39, 0.29) is 35.0 Å². The number of nitrogens with one attached hydrogen (secondary N) is 2. The molecule has 1 atom stereocenters. The topological polar surface area (TPSA) is 169 Å². The van der Waals surface area contributed by atoms with Gasteiger partial charge in [0.2, 0.25) is 0 Å². The van der Waals surface area contributed by atoms with Crippen molar-refractivity contribution in [1.82, 2.24) is 19.6 Å². The van der Waals surface area contributed by atoms with Crippen LogP contribution in [-0.2, 0) is 20.9 Å². The number of allylic oxidation sites excluding steroid dienone is 1. The number of sulfonamides is 1. The predicted octanol–water partition coefficient (Wildman–Crippen LogP) is 8.60. The molecular weight excluding hydrogens is 842 g/mol. The minimum atomic E-state index is -4.62. The summed E-state index contributed by atoms with van der Waals surface area (Å²) in [7, 11) is -4.62. The lowest BCUT2D eigenvalue weighted by Gasteiger charge is -2.39. The second-order valence-electron chi connectivity index (χ2n) is 17.0. The van der Waals surface area contributed by atoms with Gasteiger partial charge in [-0.2, -0.15) is 13.2 Å². The first kappa shape index (κ1) is 43.7. The Labute approximate surface area is 362 Å². The summed E-state index contributed by atoms with van der Waals surface area (Å²) in [5.74, 6) is -0.716. The van der Waals surface area contributed by atoms with E-state index in [9.17, 15) is 36.5 Å². The number of ether oxygens (including phenoxy) is 3. The van der Waals surface area contributed by atoms with Crippen LogP contribution in [0.25, 0.3) is 16.6 Å². The zero-order chi connectivity index (χ0) is 44.5. The average Bonchev–Trinajstić information content (AvgIpc) is 3.96. The molecule has 2 fully saturated rings. The maximum absolute atomic E-state index is 13.9. The van der Waals surface area contributed by atoms with E-state index in [4.69, 9.17) is 14.2 Å². The van der Waals surface area contributed by atoms with Gasteiger partial charge in [0.05, 0.1) is 40.4 Å². The number of nitro groups is 1. The summed E-state index contributed by atoms with van der Waals surface area (Å²) in [6.45, 7) is 8.83. The van der Waals surface area contributed by atoms with Gasteiger partial charge in [-0.25, -0.2) is 18.1 Å². The number of piperazine rings is 1. The summed E-state index contributed by atoms with van der Waals surface area (Å²) in [5.41, 5.74) is 3.16. The van der Waals surface area contributed by atoms with Crippen LogP contribution in [0.3, 0.4) is 0 Å². The number of anilines is 1. The number of alkyl halides is 3. The molecule has 0 bridgehead atoms. The fourth-order valence-electron chi connectivity index (χ4n) is 8.28. The molecular formula is C45H47F3N6O8S. The van der Waals surface area contributed by atoms with Crippen molar-refractivity contribution in [2.45, 2.75) is 50.6 Å². The predicted molar refractivity (Wildman–Crippen MR) is 229 cm³/mol. The molecule has 63 heavy (non-hydrogen) atoms. The Morgan fingerprint density at radius 2 is 1.81 bits per heavy atom. The van der Waals surface area contributed by atoms with Crippen LogP contribution in [0.5, 0.6) is 17.2 Å². The number of rotatable bonds is 13.